The zero-order valence-electron chi connectivity index (χ0n) is 12.8. The molecule has 0 aromatic carbocycles. The fourth-order valence-corrected chi connectivity index (χ4v) is 2.52. The monoisotopic (exact) mass is 255 g/mol. The van der Waals surface area contributed by atoms with Gasteiger partial charge in [0.2, 0.25) is 5.91 Å². The Morgan fingerprint density at radius 3 is 2.56 bits per heavy atom. The van der Waals surface area contributed by atoms with Gasteiger partial charge in [-0.3, -0.25) is 4.79 Å². The average molecular weight is 255 g/mol. The van der Waals surface area contributed by atoms with Gasteiger partial charge in [-0.2, -0.15) is 0 Å². The molecule has 0 radical (unpaired) electrons. The van der Waals surface area contributed by atoms with Crippen LogP contribution in [0.4, 0.5) is 0 Å². The molecule has 1 fully saturated rings. The second kappa shape index (κ2) is 6.02. The van der Waals surface area contributed by atoms with E-state index in [4.69, 9.17) is 0 Å². The van der Waals surface area contributed by atoms with E-state index in [0.717, 1.165) is 19.5 Å². The first kappa shape index (κ1) is 15.4. The Kier molecular flexibility index (Phi) is 5.17. The molecule has 0 bridgehead atoms. The third-order valence-corrected chi connectivity index (χ3v) is 3.34. The SMILES string of the molecule is CC(C)CC1CNC(C)(C)CN1C(=O)CN(C)C. The normalized spacial score (nSPS) is 23.8. The highest BCUT2D eigenvalue weighted by Crippen LogP contribution is 2.20. The van der Waals surface area contributed by atoms with Gasteiger partial charge in [0.15, 0.2) is 0 Å². The lowest BCUT2D eigenvalue weighted by Crippen LogP contribution is -2.64. The molecule has 1 amide bonds. The number of piperazine rings is 1. The van der Waals surface area contributed by atoms with E-state index in [0.29, 0.717) is 18.5 Å². The smallest absolute Gasteiger partial charge is 0.237 e. The molecule has 0 saturated carbocycles. The molecule has 1 N–H and O–H groups in total. The number of hydrogen-bond donors (Lipinski definition) is 1. The summed E-state index contributed by atoms with van der Waals surface area (Å²) < 4.78 is 0. The van der Waals surface area contributed by atoms with Crippen molar-refractivity contribution < 1.29 is 4.79 Å². The van der Waals surface area contributed by atoms with Crippen molar-refractivity contribution in [1.82, 2.24) is 15.1 Å². The van der Waals surface area contributed by atoms with Crippen molar-refractivity contribution in [2.75, 3.05) is 33.7 Å². The van der Waals surface area contributed by atoms with Gasteiger partial charge in [0.25, 0.3) is 0 Å². The molecule has 1 heterocycles. The van der Waals surface area contributed by atoms with E-state index in [-0.39, 0.29) is 11.4 Å². The van der Waals surface area contributed by atoms with Crippen LogP contribution in [0.1, 0.15) is 34.1 Å². The molecule has 4 nitrogen and oxygen atoms in total. The van der Waals surface area contributed by atoms with Crippen LogP contribution in [0.15, 0.2) is 0 Å². The molecule has 1 saturated heterocycles. The lowest BCUT2D eigenvalue weighted by Gasteiger charge is -2.45. The van der Waals surface area contributed by atoms with Gasteiger partial charge in [0, 0.05) is 24.7 Å². The minimum atomic E-state index is 0.0233. The van der Waals surface area contributed by atoms with Gasteiger partial charge in [-0.05, 0) is 40.3 Å². The van der Waals surface area contributed by atoms with Crippen LogP contribution in [0.25, 0.3) is 0 Å². The van der Waals surface area contributed by atoms with Gasteiger partial charge < -0.3 is 15.1 Å². The van der Waals surface area contributed by atoms with E-state index in [1.807, 2.05) is 19.0 Å². The van der Waals surface area contributed by atoms with E-state index in [9.17, 15) is 4.79 Å². The van der Waals surface area contributed by atoms with E-state index in [2.05, 4.69) is 37.9 Å². The largest absolute Gasteiger partial charge is 0.335 e. The van der Waals surface area contributed by atoms with Crippen molar-refractivity contribution in [1.29, 1.82) is 0 Å². The predicted octanol–water partition coefficient (Wildman–Crippen LogP) is 1.17. The van der Waals surface area contributed by atoms with Crippen LogP contribution in [0.3, 0.4) is 0 Å². The molecule has 1 aliphatic rings. The van der Waals surface area contributed by atoms with Crippen LogP contribution < -0.4 is 5.32 Å². The third-order valence-electron chi connectivity index (χ3n) is 3.34. The van der Waals surface area contributed by atoms with E-state index in [1.165, 1.54) is 0 Å². The second-order valence-electron chi connectivity index (χ2n) is 6.81. The van der Waals surface area contributed by atoms with Gasteiger partial charge in [0.1, 0.15) is 0 Å². The molecular formula is C14H29N3O. The van der Waals surface area contributed by atoms with Gasteiger partial charge >= 0.3 is 0 Å². The Labute approximate surface area is 112 Å². The first-order chi connectivity index (χ1) is 8.21. The molecule has 106 valence electrons. The van der Waals surface area contributed by atoms with Crippen LogP contribution >= 0.6 is 0 Å². The average Bonchev–Trinajstić information content (AvgIpc) is 2.18. The van der Waals surface area contributed by atoms with Crippen LogP contribution in [-0.2, 0) is 4.79 Å². The maximum absolute atomic E-state index is 12.3. The zero-order valence-corrected chi connectivity index (χ0v) is 12.8. The molecule has 18 heavy (non-hydrogen) atoms. The number of carbonyl (C=O) groups is 1. The van der Waals surface area contributed by atoms with Gasteiger partial charge in [-0.1, -0.05) is 13.8 Å². The van der Waals surface area contributed by atoms with Crippen LogP contribution in [0.2, 0.25) is 0 Å². The fourth-order valence-electron chi connectivity index (χ4n) is 2.52. The number of likely N-dealkylation sites (N-methyl/N-ethyl adjacent to an activating group) is 1. The maximum Gasteiger partial charge on any atom is 0.237 e. The van der Waals surface area contributed by atoms with Gasteiger partial charge in [0.05, 0.1) is 6.54 Å². The number of amides is 1. The first-order valence-corrected chi connectivity index (χ1v) is 6.90. The molecule has 0 aromatic rings. The summed E-state index contributed by atoms with van der Waals surface area (Å²) in [6.45, 7) is 11.0. The molecule has 0 aliphatic carbocycles. The number of rotatable bonds is 4. The third kappa shape index (κ3) is 4.58. The minimum Gasteiger partial charge on any atom is -0.335 e. The summed E-state index contributed by atoms with van der Waals surface area (Å²) in [6, 6.07) is 0.338. The lowest BCUT2D eigenvalue weighted by molar-refractivity contribution is -0.137. The molecule has 1 unspecified atom stereocenters. The van der Waals surface area contributed by atoms with Crippen molar-refractivity contribution in [3.8, 4) is 0 Å². The van der Waals surface area contributed by atoms with Crippen molar-refractivity contribution in [3.63, 3.8) is 0 Å². The first-order valence-electron chi connectivity index (χ1n) is 6.90. The van der Waals surface area contributed by atoms with Crippen LogP contribution in [0, 0.1) is 5.92 Å². The summed E-state index contributed by atoms with van der Waals surface area (Å²) in [6.07, 6.45) is 1.07. The van der Waals surface area contributed by atoms with E-state index < -0.39 is 0 Å². The highest BCUT2D eigenvalue weighted by Gasteiger charge is 2.35. The molecule has 4 heteroatoms. The van der Waals surface area contributed by atoms with E-state index >= 15 is 0 Å². The molecule has 0 spiro atoms. The Bertz CT molecular complexity index is 287. The quantitative estimate of drug-likeness (QED) is 0.819. The molecule has 0 aromatic heterocycles. The van der Waals surface area contributed by atoms with Crippen molar-refractivity contribution in [3.05, 3.63) is 0 Å². The Morgan fingerprint density at radius 1 is 1.44 bits per heavy atom. The summed E-state index contributed by atoms with van der Waals surface area (Å²) in [5, 5.41) is 3.54. The maximum atomic E-state index is 12.3. The number of hydrogen-bond acceptors (Lipinski definition) is 3. The standard InChI is InChI=1S/C14H29N3O/c1-11(2)7-12-8-15-14(3,4)10-17(12)13(18)9-16(5)6/h11-12,15H,7-10H2,1-6H3. The van der Waals surface area contributed by atoms with Crippen LogP contribution in [-0.4, -0.2) is 61.0 Å². The molecular weight excluding hydrogens is 226 g/mol. The molecule has 1 aliphatic heterocycles. The number of nitrogens with zero attached hydrogens (tertiary/aromatic N) is 2. The predicted molar refractivity (Wildman–Crippen MR) is 75.6 cm³/mol. The fraction of sp³-hybridized carbons (Fsp3) is 0.929. The summed E-state index contributed by atoms with van der Waals surface area (Å²) in [4.78, 5) is 16.4. The highest BCUT2D eigenvalue weighted by atomic mass is 16.2. The summed E-state index contributed by atoms with van der Waals surface area (Å²) in [5.74, 6) is 0.868. The van der Waals surface area contributed by atoms with Gasteiger partial charge in [-0.15, -0.1) is 0 Å². The highest BCUT2D eigenvalue weighted by molar-refractivity contribution is 5.78. The number of carbonyl (C=O) groups excluding carboxylic acids is 1. The molecule has 1 atom stereocenters. The Morgan fingerprint density at radius 2 is 2.06 bits per heavy atom. The van der Waals surface area contributed by atoms with Crippen molar-refractivity contribution >= 4 is 5.91 Å². The van der Waals surface area contributed by atoms with Crippen molar-refractivity contribution in [2.24, 2.45) is 5.92 Å². The Balaban J connectivity index is 2.73. The zero-order chi connectivity index (χ0) is 13.9. The Hall–Kier alpha value is -0.610. The minimum absolute atomic E-state index is 0.0233. The topological polar surface area (TPSA) is 35.6 Å². The summed E-state index contributed by atoms with van der Waals surface area (Å²) in [5.41, 5.74) is 0.0233. The van der Waals surface area contributed by atoms with E-state index in [1.54, 1.807) is 0 Å². The number of nitrogens with one attached hydrogen (secondary N) is 1. The second-order valence-corrected chi connectivity index (χ2v) is 6.81. The van der Waals surface area contributed by atoms with Gasteiger partial charge in [-0.25, -0.2) is 0 Å². The van der Waals surface area contributed by atoms with Crippen molar-refractivity contribution in [2.45, 2.75) is 45.7 Å². The summed E-state index contributed by atoms with van der Waals surface area (Å²) in [7, 11) is 3.89. The lowest BCUT2D eigenvalue weighted by atomic mass is 9.94. The molecule has 1 rings (SSSR count). The van der Waals surface area contributed by atoms with Crippen LogP contribution in [0.5, 0.6) is 0 Å². The summed E-state index contributed by atoms with van der Waals surface area (Å²) >= 11 is 0.